The van der Waals surface area contributed by atoms with Gasteiger partial charge in [0.05, 0.1) is 31.2 Å². The van der Waals surface area contributed by atoms with Crippen molar-refractivity contribution in [3.05, 3.63) is 102 Å². The number of halogens is 4. The first-order chi connectivity index (χ1) is 51.2. The van der Waals surface area contributed by atoms with Gasteiger partial charge in [-0.3, -0.25) is 57.5 Å². The molecule has 12 amide bonds. The van der Waals surface area contributed by atoms with E-state index in [2.05, 4.69) is 29.1 Å². The van der Waals surface area contributed by atoms with E-state index in [1.165, 1.54) is 83.6 Å². The van der Waals surface area contributed by atoms with Crippen LogP contribution in [0.15, 0.2) is 73.9 Å². The van der Waals surface area contributed by atoms with E-state index in [9.17, 15) is 32.3 Å². The van der Waals surface area contributed by atoms with Crippen molar-refractivity contribution in [2.45, 2.75) is 216 Å². The van der Waals surface area contributed by atoms with Crippen LogP contribution in [0.1, 0.15) is 159 Å². The molecule has 29 heteroatoms. The number of unbranched alkanes of at least 4 members (excludes halogenated alkanes) is 2. The molecule has 594 valence electrons. The zero-order valence-corrected chi connectivity index (χ0v) is 64.6. The minimum absolute atomic E-state index is 0.0155. The largest absolute Gasteiger partial charge is 0.419 e. The van der Waals surface area contributed by atoms with Crippen LogP contribution in [0.4, 0.5) is 17.6 Å². The van der Waals surface area contributed by atoms with Gasteiger partial charge in [0, 0.05) is 88.4 Å². The molecule has 2 bridgehead atoms. The van der Waals surface area contributed by atoms with Crippen molar-refractivity contribution in [1.29, 1.82) is 0 Å². The molecule has 2 aromatic carbocycles. The monoisotopic (exact) mass is 1510 g/mol. The second-order valence-corrected chi connectivity index (χ2v) is 29.7. The van der Waals surface area contributed by atoms with Crippen molar-refractivity contribution in [3.8, 4) is 0 Å². The van der Waals surface area contributed by atoms with Crippen molar-refractivity contribution in [2.24, 2.45) is 11.8 Å². The fourth-order valence-electron chi connectivity index (χ4n) is 15.3. The van der Waals surface area contributed by atoms with Crippen LogP contribution in [0.2, 0.25) is 0 Å². The third-order valence-corrected chi connectivity index (χ3v) is 22.5. The van der Waals surface area contributed by atoms with Crippen molar-refractivity contribution in [1.82, 2.24) is 60.0 Å². The number of hydrogen-bond acceptors (Lipinski definition) is 13. The zero-order valence-electron chi connectivity index (χ0n) is 64.6. The normalized spacial score (nSPS) is 25.8. The summed E-state index contributed by atoms with van der Waals surface area (Å²) < 4.78 is 62.8. The number of nitrogens with one attached hydrogen (secondary N) is 3. The molecule has 3 heterocycles. The Morgan fingerprint density at radius 3 is 1.99 bits per heavy atom. The molecule has 4 fully saturated rings. The SMILES string of the molecule is C=CCCCC[C@H]1C(=O)N[C@@H]([C@@H](C)CC)C(=O)N(C)CC(=O)N(C)[C@H]2C/C=C\CCN(C2=O)[C@@H](Cc2ccc(C=C)cc2)C(=O)N(C)CC(=O)N[C@@H](CCc2ccc(C(F)(F)F)c(F)c2)C(=O)N2C[C@H](OCC)C[C@H]2C(=O)NC2(CCC2)C(=O)N(C)C(C2CCCC2)C(=O)N(C)[C@H](C(=O)N(C)CC)CC(=O)N1C. The van der Waals surface area contributed by atoms with Crippen LogP contribution in [0.25, 0.3) is 6.08 Å². The highest BCUT2D eigenvalue weighted by molar-refractivity contribution is 6.01. The third kappa shape index (κ3) is 21.1. The van der Waals surface area contributed by atoms with E-state index in [0.29, 0.717) is 75.5 Å². The van der Waals surface area contributed by atoms with Gasteiger partial charge in [-0.1, -0.05) is 101 Å². The molecule has 0 radical (unpaired) electrons. The number of rotatable bonds is 18. The number of allylic oxidation sites excluding steroid dienone is 1. The highest BCUT2D eigenvalue weighted by Gasteiger charge is 2.54. The number of amides is 12. The maximum absolute atomic E-state index is 15.6. The van der Waals surface area contributed by atoms with E-state index in [1.54, 1.807) is 69.3 Å². The van der Waals surface area contributed by atoms with Crippen LogP contribution in [0.5, 0.6) is 0 Å². The summed E-state index contributed by atoms with van der Waals surface area (Å²) in [6, 6.07) is -1.53. The summed E-state index contributed by atoms with van der Waals surface area (Å²) in [5, 5.41) is 8.61. The predicted octanol–water partition coefficient (Wildman–Crippen LogP) is 6.31. The lowest BCUT2D eigenvalue weighted by Gasteiger charge is -2.46. The molecule has 108 heavy (non-hydrogen) atoms. The van der Waals surface area contributed by atoms with E-state index in [1.807, 2.05) is 6.92 Å². The quantitative estimate of drug-likeness (QED) is 0.0839. The second-order valence-electron chi connectivity index (χ2n) is 29.7. The fourth-order valence-corrected chi connectivity index (χ4v) is 15.3. The molecule has 2 saturated carbocycles. The summed E-state index contributed by atoms with van der Waals surface area (Å²) in [6.45, 7) is 13.3. The summed E-state index contributed by atoms with van der Waals surface area (Å²) in [4.78, 5) is 193. The maximum atomic E-state index is 15.6. The van der Waals surface area contributed by atoms with Gasteiger partial charge in [-0.25, -0.2) is 4.39 Å². The van der Waals surface area contributed by atoms with Crippen molar-refractivity contribution in [3.63, 3.8) is 0 Å². The number of ether oxygens (including phenoxy) is 1. The molecule has 5 aliphatic rings. The summed E-state index contributed by atoms with van der Waals surface area (Å²) in [6.07, 6.45) is 4.87. The van der Waals surface area contributed by atoms with Crippen molar-refractivity contribution >= 4 is 77.0 Å². The highest BCUT2D eigenvalue weighted by atomic mass is 19.4. The van der Waals surface area contributed by atoms with Crippen LogP contribution < -0.4 is 16.0 Å². The van der Waals surface area contributed by atoms with Gasteiger partial charge in [0.15, 0.2) is 0 Å². The van der Waals surface area contributed by atoms with Gasteiger partial charge in [0.25, 0.3) is 0 Å². The first-order valence-electron chi connectivity index (χ1n) is 37.9. The van der Waals surface area contributed by atoms with Gasteiger partial charge in [0.1, 0.15) is 59.7 Å². The van der Waals surface area contributed by atoms with Gasteiger partial charge in [-0.15, -0.1) is 6.58 Å². The lowest BCUT2D eigenvalue weighted by atomic mass is 9.74. The molecule has 3 aliphatic heterocycles. The Balaban J connectivity index is 1.35. The number of likely N-dealkylation sites (N-methyl/N-ethyl adjacent to an activating group) is 7. The predicted molar refractivity (Wildman–Crippen MR) is 397 cm³/mol. The van der Waals surface area contributed by atoms with E-state index in [-0.39, 0.29) is 89.6 Å². The lowest BCUT2D eigenvalue weighted by Crippen LogP contribution is -2.68. The Morgan fingerprint density at radius 2 is 1.39 bits per heavy atom. The van der Waals surface area contributed by atoms with Gasteiger partial charge < -0.3 is 64.8 Å². The smallest absolute Gasteiger partial charge is 0.377 e. The van der Waals surface area contributed by atoms with E-state index in [0.717, 1.165) is 21.4 Å². The zero-order chi connectivity index (χ0) is 79.6. The Bertz CT molecular complexity index is 3620. The van der Waals surface area contributed by atoms with E-state index >= 15 is 42.7 Å². The number of carbonyl (C=O) groups excluding carboxylic acids is 12. The molecule has 1 spiro atoms. The minimum atomic E-state index is -5.04. The summed E-state index contributed by atoms with van der Waals surface area (Å²) in [7, 11) is 9.86. The number of benzene rings is 2. The molecular formula is C79H112F4N12O13. The topological polar surface area (TPSA) is 279 Å². The summed E-state index contributed by atoms with van der Waals surface area (Å²) >= 11 is 0. The molecule has 1 unspecified atom stereocenters. The molecule has 10 atom stereocenters. The Kier molecular flexibility index (Phi) is 31.0. The van der Waals surface area contributed by atoms with Crippen LogP contribution >= 0.6 is 0 Å². The van der Waals surface area contributed by atoms with Gasteiger partial charge in [0.2, 0.25) is 70.9 Å². The average Bonchev–Trinajstić information content (AvgIpc) is 1.22. The average molecular weight is 1510 g/mol. The molecule has 7 rings (SSSR count). The Morgan fingerprint density at radius 1 is 0.722 bits per heavy atom. The number of nitrogens with zero attached hydrogens (tertiary/aromatic N) is 9. The van der Waals surface area contributed by atoms with Gasteiger partial charge in [-0.2, -0.15) is 13.2 Å². The standard InChI is InChI=1S/C79H112F4N12O13/c1-14-19-20-22-30-59-69(99)85-67(50(6)15-2)75(105)89(9)49-66(98)91(11)60-31-23-21-26-42-94(74(60)104)63(44-53-34-32-51(16-3)33-35-53)73(103)88(8)48-64(96)84-58(39-37-52-36-38-56(57(80)43-52)79(81,82)83)71(101)95-47-55(108-18-5)45-61(95)70(100)86-78(40-27-41-78)77(107)93(13)68(54-28-24-25-29-54)76(106)92(12)62(46-65(97)90(59)10)72(102)87(7)17-4/h14,16,21,23,32-36,38,43,50,54-55,58-63,67-68H,1,3,15,17-20,22,24-31,37,39-42,44-49H2,2,4-13H3,(H,84,96)(H,85,99)(H,86,100)/b23-21-/t50-,55+,58-,59-,60-,61-,62-,63-,67-,68?/m0/s1. The number of fused-ring (bicyclic) bond motifs is 3. The second kappa shape index (κ2) is 38.9. The first-order valence-corrected chi connectivity index (χ1v) is 37.9. The summed E-state index contributed by atoms with van der Waals surface area (Å²) in [5.74, 6) is -11.2. The molecule has 2 saturated heterocycles. The van der Waals surface area contributed by atoms with E-state index in [4.69, 9.17) is 4.74 Å². The molecular weight excluding hydrogens is 1400 g/mol. The number of carbonyl (C=O) groups is 12. The van der Waals surface area contributed by atoms with Crippen molar-refractivity contribution < 1.29 is 79.8 Å². The number of aryl methyl sites for hydroxylation is 1. The molecule has 2 aliphatic carbocycles. The van der Waals surface area contributed by atoms with Crippen LogP contribution in [0, 0.1) is 17.7 Å². The Labute approximate surface area is 632 Å². The molecule has 0 aromatic heterocycles. The number of hydrogen-bond donors (Lipinski definition) is 3. The van der Waals surface area contributed by atoms with Crippen LogP contribution in [-0.2, 0) is 81.3 Å². The van der Waals surface area contributed by atoms with Crippen molar-refractivity contribution in [2.75, 3.05) is 88.7 Å². The number of alkyl halides is 3. The van der Waals surface area contributed by atoms with E-state index < -0.39 is 180 Å². The van der Waals surface area contributed by atoms with Crippen LogP contribution in [-0.4, -0.2) is 264 Å². The summed E-state index contributed by atoms with van der Waals surface area (Å²) in [5.41, 5.74) is -1.82. The van der Waals surface area contributed by atoms with Gasteiger partial charge >= 0.3 is 6.18 Å². The Hall–Kier alpha value is -9.02. The van der Waals surface area contributed by atoms with Gasteiger partial charge in [-0.05, 0) is 132 Å². The third-order valence-electron chi connectivity index (χ3n) is 22.5. The molecule has 3 N–H and O–H groups in total. The maximum Gasteiger partial charge on any atom is 0.419 e. The lowest BCUT2D eigenvalue weighted by molar-refractivity contribution is -0.158. The molecule has 25 nitrogen and oxygen atoms in total. The molecule has 2 aromatic rings. The van der Waals surface area contributed by atoms with Crippen LogP contribution in [0.3, 0.4) is 0 Å². The first kappa shape index (κ1) is 86.2. The fraction of sp³-hybridized carbons (Fsp3) is 0.620. The highest BCUT2D eigenvalue weighted by Crippen LogP contribution is 2.39. The minimum Gasteiger partial charge on any atom is -0.377 e.